The number of amides is 1. The van der Waals surface area contributed by atoms with Gasteiger partial charge in [0.25, 0.3) is 5.91 Å². The summed E-state index contributed by atoms with van der Waals surface area (Å²) in [4.78, 5) is 30.2. The van der Waals surface area contributed by atoms with E-state index in [-0.39, 0.29) is 11.6 Å². The normalized spacial score (nSPS) is 12.2. The molecule has 0 saturated carbocycles. The molecule has 1 amide bonds. The Bertz CT molecular complexity index is 699. The average Bonchev–Trinajstić information content (AvgIpc) is 2.93. The highest BCUT2D eigenvalue weighted by molar-refractivity contribution is 6.00. The lowest BCUT2D eigenvalue weighted by Gasteiger charge is -2.11. The lowest BCUT2D eigenvalue weighted by Crippen LogP contribution is -2.27. The van der Waals surface area contributed by atoms with E-state index < -0.39 is 12.0 Å². The Balaban J connectivity index is 2.23. The van der Waals surface area contributed by atoms with Gasteiger partial charge in [-0.15, -0.1) is 0 Å². The van der Waals surface area contributed by atoms with Crippen LogP contribution in [-0.2, 0) is 0 Å². The number of H-pyrrole nitrogens is 1. The second-order valence-corrected chi connectivity index (χ2v) is 4.93. The van der Waals surface area contributed by atoms with E-state index in [4.69, 9.17) is 9.52 Å². The number of nitrogens with one attached hydrogen (secondary N) is 2. The molecule has 1 atom stereocenters. The van der Waals surface area contributed by atoms with Crippen molar-refractivity contribution in [2.75, 3.05) is 0 Å². The van der Waals surface area contributed by atoms with Gasteiger partial charge < -0.3 is 19.8 Å². The molecule has 0 aromatic carbocycles. The standard InChI is InChI=1S/C14H17N3O4/c1-6-5-15-13(21-6)9(4)17-12(18)10-7(2)11(14(19)20)16-8(10)3/h5,9,16H,1-4H3,(H,17,18)(H,19,20). The van der Waals surface area contributed by atoms with Gasteiger partial charge >= 0.3 is 5.97 Å². The molecule has 7 heteroatoms. The number of hydrogen-bond acceptors (Lipinski definition) is 4. The van der Waals surface area contributed by atoms with Gasteiger partial charge in [-0.25, -0.2) is 9.78 Å². The predicted octanol–water partition coefficient (Wildman–Crippen LogP) is 2.12. The Hall–Kier alpha value is -2.57. The van der Waals surface area contributed by atoms with Crippen molar-refractivity contribution >= 4 is 11.9 Å². The zero-order valence-corrected chi connectivity index (χ0v) is 12.3. The van der Waals surface area contributed by atoms with E-state index in [1.807, 2.05) is 0 Å². The topological polar surface area (TPSA) is 108 Å². The Kier molecular flexibility index (Phi) is 3.84. The maximum absolute atomic E-state index is 12.3. The molecule has 0 aliphatic heterocycles. The predicted molar refractivity (Wildman–Crippen MR) is 74.3 cm³/mol. The molecule has 3 N–H and O–H groups in total. The lowest BCUT2D eigenvalue weighted by atomic mass is 10.1. The Morgan fingerprint density at radius 1 is 1.38 bits per heavy atom. The van der Waals surface area contributed by atoms with Gasteiger partial charge in [0.05, 0.1) is 11.8 Å². The van der Waals surface area contributed by atoms with Crippen LogP contribution in [0, 0.1) is 20.8 Å². The Morgan fingerprint density at radius 2 is 2.05 bits per heavy atom. The van der Waals surface area contributed by atoms with Crippen molar-refractivity contribution in [2.24, 2.45) is 0 Å². The molecule has 0 radical (unpaired) electrons. The number of carboxylic acids is 1. The molecule has 0 spiro atoms. The smallest absolute Gasteiger partial charge is 0.352 e. The van der Waals surface area contributed by atoms with Crippen molar-refractivity contribution in [1.29, 1.82) is 0 Å². The number of hydrogen-bond donors (Lipinski definition) is 3. The van der Waals surface area contributed by atoms with E-state index in [2.05, 4.69) is 15.3 Å². The minimum atomic E-state index is -1.09. The number of carbonyl (C=O) groups excluding carboxylic acids is 1. The van der Waals surface area contributed by atoms with Crippen LogP contribution in [0.5, 0.6) is 0 Å². The molecular formula is C14H17N3O4. The highest BCUT2D eigenvalue weighted by Gasteiger charge is 2.23. The van der Waals surface area contributed by atoms with Crippen LogP contribution in [0.25, 0.3) is 0 Å². The van der Waals surface area contributed by atoms with Gasteiger partial charge in [0, 0.05) is 5.69 Å². The van der Waals surface area contributed by atoms with Crippen LogP contribution in [0.4, 0.5) is 0 Å². The molecular weight excluding hydrogens is 274 g/mol. The third-order valence-electron chi connectivity index (χ3n) is 3.24. The molecule has 7 nitrogen and oxygen atoms in total. The molecule has 2 heterocycles. The minimum Gasteiger partial charge on any atom is -0.477 e. The second kappa shape index (κ2) is 5.43. The highest BCUT2D eigenvalue weighted by atomic mass is 16.4. The van der Waals surface area contributed by atoms with Gasteiger partial charge in [0.2, 0.25) is 5.89 Å². The first-order chi connectivity index (χ1) is 9.81. The van der Waals surface area contributed by atoms with E-state index in [0.717, 1.165) is 0 Å². The molecule has 0 bridgehead atoms. The second-order valence-electron chi connectivity index (χ2n) is 4.93. The summed E-state index contributed by atoms with van der Waals surface area (Å²) in [6.07, 6.45) is 1.58. The van der Waals surface area contributed by atoms with Crippen LogP contribution in [0.15, 0.2) is 10.6 Å². The van der Waals surface area contributed by atoms with Crippen LogP contribution >= 0.6 is 0 Å². The minimum absolute atomic E-state index is 0.0253. The molecule has 0 aliphatic rings. The Morgan fingerprint density at radius 3 is 2.52 bits per heavy atom. The number of oxazole rings is 1. The van der Waals surface area contributed by atoms with Gasteiger partial charge in [0.15, 0.2) is 0 Å². The number of aromatic amines is 1. The van der Waals surface area contributed by atoms with Gasteiger partial charge in [-0.05, 0) is 33.3 Å². The molecule has 0 saturated heterocycles. The van der Waals surface area contributed by atoms with Crippen molar-refractivity contribution in [2.45, 2.75) is 33.7 Å². The van der Waals surface area contributed by atoms with Gasteiger partial charge in [0.1, 0.15) is 17.5 Å². The monoisotopic (exact) mass is 291 g/mol. The number of rotatable bonds is 4. The molecule has 0 aliphatic carbocycles. The lowest BCUT2D eigenvalue weighted by molar-refractivity contribution is 0.0690. The van der Waals surface area contributed by atoms with Crippen molar-refractivity contribution < 1.29 is 19.1 Å². The first-order valence-corrected chi connectivity index (χ1v) is 6.47. The molecule has 112 valence electrons. The summed E-state index contributed by atoms with van der Waals surface area (Å²) in [5, 5.41) is 11.8. The van der Waals surface area contributed by atoms with Crippen molar-refractivity contribution in [1.82, 2.24) is 15.3 Å². The maximum atomic E-state index is 12.3. The van der Waals surface area contributed by atoms with Crippen LogP contribution in [0.2, 0.25) is 0 Å². The zero-order chi connectivity index (χ0) is 15.7. The largest absolute Gasteiger partial charge is 0.477 e. The van der Waals surface area contributed by atoms with Crippen LogP contribution < -0.4 is 5.32 Å². The summed E-state index contributed by atoms with van der Waals surface area (Å²) >= 11 is 0. The number of nitrogens with zero attached hydrogens (tertiary/aromatic N) is 1. The number of carbonyl (C=O) groups is 2. The van der Waals surface area contributed by atoms with E-state index in [1.165, 1.54) is 0 Å². The van der Waals surface area contributed by atoms with Gasteiger partial charge in [-0.3, -0.25) is 4.79 Å². The van der Waals surface area contributed by atoms with Crippen LogP contribution in [0.3, 0.4) is 0 Å². The van der Waals surface area contributed by atoms with E-state index in [1.54, 1.807) is 33.9 Å². The van der Waals surface area contributed by atoms with E-state index in [9.17, 15) is 9.59 Å². The fourth-order valence-corrected chi connectivity index (χ4v) is 2.21. The zero-order valence-electron chi connectivity index (χ0n) is 12.3. The average molecular weight is 291 g/mol. The molecule has 2 aromatic heterocycles. The first-order valence-electron chi connectivity index (χ1n) is 6.47. The summed E-state index contributed by atoms with van der Waals surface area (Å²) < 4.78 is 5.36. The van der Waals surface area contributed by atoms with Gasteiger partial charge in [-0.1, -0.05) is 0 Å². The van der Waals surface area contributed by atoms with Crippen molar-refractivity contribution in [3.05, 3.63) is 40.4 Å². The summed E-state index contributed by atoms with van der Waals surface area (Å²) in [7, 11) is 0. The molecule has 0 fully saturated rings. The number of aryl methyl sites for hydroxylation is 2. The van der Waals surface area contributed by atoms with Crippen LogP contribution in [-0.4, -0.2) is 27.0 Å². The summed E-state index contributed by atoms with van der Waals surface area (Å²) in [6, 6.07) is -0.409. The number of aromatic carboxylic acids is 1. The highest BCUT2D eigenvalue weighted by Crippen LogP contribution is 2.19. The van der Waals surface area contributed by atoms with Crippen molar-refractivity contribution in [3.8, 4) is 0 Å². The summed E-state index contributed by atoms with van der Waals surface area (Å²) in [5.74, 6) is -0.387. The Labute approximate surface area is 121 Å². The summed E-state index contributed by atoms with van der Waals surface area (Å²) in [6.45, 7) is 6.78. The molecule has 1 unspecified atom stereocenters. The molecule has 2 rings (SSSR count). The fourth-order valence-electron chi connectivity index (χ4n) is 2.21. The quantitative estimate of drug-likeness (QED) is 0.799. The SMILES string of the molecule is Cc1cnc(C(C)NC(=O)c2c(C)[nH]c(C(=O)O)c2C)o1. The van der Waals surface area contributed by atoms with E-state index in [0.29, 0.717) is 28.5 Å². The molecule has 21 heavy (non-hydrogen) atoms. The number of aromatic nitrogens is 2. The number of carboxylic acid groups (broad SMARTS) is 1. The summed E-state index contributed by atoms with van der Waals surface area (Å²) in [5.41, 5.74) is 1.28. The van der Waals surface area contributed by atoms with Crippen LogP contribution in [0.1, 0.15) is 56.7 Å². The third-order valence-corrected chi connectivity index (χ3v) is 3.24. The maximum Gasteiger partial charge on any atom is 0.352 e. The molecule has 2 aromatic rings. The first kappa shape index (κ1) is 14.8. The third kappa shape index (κ3) is 2.81. The van der Waals surface area contributed by atoms with Gasteiger partial charge in [-0.2, -0.15) is 0 Å². The van der Waals surface area contributed by atoms with E-state index >= 15 is 0 Å². The van der Waals surface area contributed by atoms with Crippen molar-refractivity contribution in [3.63, 3.8) is 0 Å². The fraction of sp³-hybridized carbons (Fsp3) is 0.357.